The van der Waals surface area contributed by atoms with Crippen LogP contribution in [-0.4, -0.2) is 4.57 Å². The minimum Gasteiger partial charge on any atom is -0.310 e. The second-order valence-corrected chi connectivity index (χ2v) is 25.6. The van der Waals surface area contributed by atoms with Crippen molar-refractivity contribution in [2.75, 3.05) is 9.80 Å². The van der Waals surface area contributed by atoms with Crippen LogP contribution >= 0.6 is 45.3 Å². The van der Waals surface area contributed by atoms with Gasteiger partial charge in [-0.1, -0.05) is 159 Å². The van der Waals surface area contributed by atoms with Gasteiger partial charge >= 0.3 is 0 Å². The third-order valence-electron chi connectivity index (χ3n) is 17.2. The highest BCUT2D eigenvalue weighted by molar-refractivity contribution is 7.28. The molecular weight excluding hydrogens is 1040 g/mol. The molecule has 5 aromatic heterocycles. The third-order valence-corrected chi connectivity index (χ3v) is 21.7. The Morgan fingerprint density at radius 1 is 0.354 bits per heavy atom. The van der Waals surface area contributed by atoms with Crippen molar-refractivity contribution in [2.24, 2.45) is 0 Å². The van der Waals surface area contributed by atoms with E-state index in [4.69, 9.17) is 0 Å². The molecule has 0 unspecified atom stereocenters. The van der Waals surface area contributed by atoms with Gasteiger partial charge in [-0.05, 0) is 157 Å². The molecule has 9 aromatic carbocycles. The Morgan fingerprint density at radius 2 is 0.924 bits per heavy atom. The van der Waals surface area contributed by atoms with Gasteiger partial charge in [-0.2, -0.15) is 0 Å². The smallest absolute Gasteiger partial charge is 0.0771 e. The lowest BCUT2D eigenvalue weighted by Crippen LogP contribution is -2.36. The fourth-order valence-electron chi connectivity index (χ4n) is 13.8. The zero-order valence-electron chi connectivity index (χ0n) is 43.1. The number of rotatable bonds is 6. The molecule has 0 N–H and O–H groups in total. The zero-order chi connectivity index (χ0) is 52.1. The lowest BCUT2D eigenvalue weighted by Gasteiger charge is -2.45. The monoisotopic (exact) mass is 1080 g/mol. The summed E-state index contributed by atoms with van der Waals surface area (Å²) in [4.78, 5) is 13.1. The number of nitrogens with zero attached hydrogens (tertiary/aromatic N) is 3. The topological polar surface area (TPSA) is 11.4 Å². The number of thiophene rings is 4. The van der Waals surface area contributed by atoms with Gasteiger partial charge in [0.2, 0.25) is 0 Å². The predicted octanol–water partition coefficient (Wildman–Crippen LogP) is 21.4. The molecule has 3 nitrogen and oxygen atoms in total. The molecule has 0 atom stereocenters. The van der Waals surface area contributed by atoms with E-state index in [-0.39, 0.29) is 5.41 Å². The maximum absolute atomic E-state index is 2.62. The lowest BCUT2D eigenvalue weighted by molar-refractivity contribution is 0.632. The van der Waals surface area contributed by atoms with Crippen molar-refractivity contribution < 1.29 is 0 Å². The quantitative estimate of drug-likeness (QED) is 0.164. The van der Waals surface area contributed by atoms with Gasteiger partial charge in [-0.25, -0.2) is 0 Å². The average molecular weight is 1080 g/mol. The minimum atomic E-state index is -0.624. The van der Waals surface area contributed by atoms with Crippen molar-refractivity contribution in [3.8, 4) is 46.1 Å². The van der Waals surface area contributed by atoms with Crippen LogP contribution in [0, 0.1) is 0 Å². The van der Waals surface area contributed by atoms with Gasteiger partial charge in [0, 0.05) is 52.8 Å². The van der Waals surface area contributed by atoms with E-state index in [0.29, 0.717) is 0 Å². The third kappa shape index (κ3) is 6.38. The molecule has 17 rings (SSSR count). The van der Waals surface area contributed by atoms with Gasteiger partial charge in [-0.15, -0.1) is 45.3 Å². The first-order chi connectivity index (χ1) is 38.9. The van der Waals surface area contributed by atoms with E-state index in [2.05, 4.69) is 276 Å². The molecule has 79 heavy (non-hydrogen) atoms. The van der Waals surface area contributed by atoms with Crippen molar-refractivity contribution in [3.63, 3.8) is 0 Å². The lowest BCUT2D eigenvalue weighted by atomic mass is 9.65. The molecule has 0 bridgehead atoms. The van der Waals surface area contributed by atoms with Crippen LogP contribution in [0.15, 0.2) is 247 Å². The first-order valence-corrected chi connectivity index (χ1v) is 30.3. The van der Waals surface area contributed by atoms with Crippen LogP contribution < -0.4 is 9.80 Å². The highest BCUT2D eigenvalue weighted by Gasteiger charge is 2.54. The van der Waals surface area contributed by atoms with Crippen molar-refractivity contribution in [2.45, 2.75) is 24.7 Å². The summed E-state index contributed by atoms with van der Waals surface area (Å²) in [5.74, 6) is 0. The summed E-state index contributed by atoms with van der Waals surface area (Å²) < 4.78 is 2.53. The van der Waals surface area contributed by atoms with Crippen LogP contribution in [0.5, 0.6) is 0 Å². The van der Waals surface area contributed by atoms with Crippen LogP contribution in [0.4, 0.5) is 34.1 Å². The summed E-state index contributed by atoms with van der Waals surface area (Å²) in [5, 5.41) is 9.35. The second-order valence-electron chi connectivity index (χ2n) is 21.6. The van der Waals surface area contributed by atoms with E-state index in [1.807, 2.05) is 45.3 Å². The van der Waals surface area contributed by atoms with Crippen LogP contribution in [0.25, 0.3) is 78.7 Å². The maximum Gasteiger partial charge on any atom is 0.0771 e. The Hall–Kier alpha value is -8.56. The van der Waals surface area contributed by atoms with E-state index in [0.717, 1.165) is 22.6 Å². The Kier molecular flexibility index (Phi) is 9.77. The van der Waals surface area contributed by atoms with Crippen molar-refractivity contribution in [1.29, 1.82) is 0 Å². The molecule has 7 heteroatoms. The molecule has 0 amide bonds. The van der Waals surface area contributed by atoms with Gasteiger partial charge in [0.15, 0.2) is 0 Å². The number of aromatic nitrogens is 1. The molecule has 1 spiro atoms. The van der Waals surface area contributed by atoms with Crippen molar-refractivity contribution >= 4 is 112 Å². The molecule has 2 aliphatic heterocycles. The second kappa shape index (κ2) is 17.0. The molecule has 0 saturated carbocycles. The summed E-state index contributed by atoms with van der Waals surface area (Å²) in [6, 6.07) is 89.4. The zero-order valence-corrected chi connectivity index (χ0v) is 46.4. The summed E-state index contributed by atoms with van der Waals surface area (Å²) >= 11 is 7.58. The number of para-hydroxylation sites is 4. The number of hydrogen-bond donors (Lipinski definition) is 0. The number of hydrogen-bond acceptors (Lipinski definition) is 6. The van der Waals surface area contributed by atoms with Gasteiger partial charge in [0.25, 0.3) is 0 Å². The molecule has 1 aliphatic carbocycles. The van der Waals surface area contributed by atoms with Crippen LogP contribution in [0.3, 0.4) is 0 Å². The predicted molar refractivity (Wildman–Crippen MR) is 338 cm³/mol. The van der Waals surface area contributed by atoms with E-state index >= 15 is 0 Å². The van der Waals surface area contributed by atoms with E-state index in [9.17, 15) is 0 Å². The van der Waals surface area contributed by atoms with E-state index < -0.39 is 5.41 Å². The van der Waals surface area contributed by atoms with Crippen molar-refractivity contribution in [1.82, 2.24) is 4.57 Å². The van der Waals surface area contributed by atoms with Crippen molar-refractivity contribution in [3.05, 3.63) is 281 Å². The maximum atomic E-state index is 2.62. The summed E-state index contributed by atoms with van der Waals surface area (Å²) in [6.07, 6.45) is 0. The Labute approximate surface area is 474 Å². The number of anilines is 6. The Morgan fingerprint density at radius 3 is 1.61 bits per heavy atom. The van der Waals surface area contributed by atoms with E-state index in [1.165, 1.54) is 124 Å². The van der Waals surface area contributed by atoms with Gasteiger partial charge in [0.05, 0.1) is 49.0 Å². The molecule has 7 heterocycles. The largest absolute Gasteiger partial charge is 0.310 e. The van der Waals surface area contributed by atoms with Gasteiger partial charge in [0.1, 0.15) is 0 Å². The molecule has 0 saturated heterocycles. The fraction of sp³-hybridized carbons (Fsp3) is 0.0556. The molecule has 0 fully saturated rings. The summed E-state index contributed by atoms with van der Waals surface area (Å²) in [6.45, 7) is 4.72. The summed E-state index contributed by atoms with van der Waals surface area (Å²) in [7, 11) is 0. The molecule has 374 valence electrons. The minimum absolute atomic E-state index is 0.159. The number of fused-ring (bicyclic) bond motifs is 16. The Bertz CT molecular complexity index is 4670. The van der Waals surface area contributed by atoms with Gasteiger partial charge in [-0.3, -0.25) is 0 Å². The van der Waals surface area contributed by atoms with Crippen LogP contribution in [0.2, 0.25) is 0 Å². The molecule has 3 aliphatic rings. The Balaban J connectivity index is 0.962. The van der Waals surface area contributed by atoms with E-state index in [1.54, 1.807) is 0 Å². The molecule has 0 radical (unpaired) electrons. The average Bonchev–Trinajstić information content (AvgIpc) is 2.96. The summed E-state index contributed by atoms with van der Waals surface area (Å²) in [5.41, 5.74) is 20.1. The first-order valence-electron chi connectivity index (χ1n) is 27.0. The fourth-order valence-corrected chi connectivity index (χ4v) is 18.0. The standard InChI is InChI=1S/C72H47N3S4/c1-71(2)52-24-6-10-28-59(52)74(60-29-11-7-25-53(60)71)50-22-14-21-49(41-50)73-58-27-9-5-23-51(58)67-62(73)36-35-55-68(67)75(48-20-13-19-46(40-48)47-34-33-44-17-3-4-18-45(44)39-47)61-30-12-8-26-54(61)72(55)56-42-65(63-31-15-37-76-63)78-69(56)70-57(72)43-66(79-70)64-32-16-38-77-64/h3-43H,1-2H3. The molecular formula is C72H47N3S4. The number of benzene rings is 9. The van der Waals surface area contributed by atoms with Crippen LogP contribution in [-0.2, 0) is 10.8 Å². The SMILES string of the molecule is CC1(C)c2ccccc2N(c2cccc(-n3c4ccccc4c4c5c(ccc43)C3(c4ccccc4N5c4cccc(-c5ccc6ccccc6c5)c4)c4cc(-c5cccs5)sc4-c4sc(-c5cccs5)cc43)c2)c2ccccc21. The first kappa shape index (κ1) is 45.5. The highest BCUT2D eigenvalue weighted by Crippen LogP contribution is 2.69. The van der Waals surface area contributed by atoms with Gasteiger partial charge < -0.3 is 14.4 Å². The normalized spacial score (nSPS) is 14.4. The van der Waals surface area contributed by atoms with Crippen LogP contribution in [0.1, 0.15) is 47.2 Å². The highest BCUT2D eigenvalue weighted by atomic mass is 32.1. The molecule has 14 aromatic rings.